The molecule has 0 atom stereocenters. The molecule has 2 aromatic heterocycles. The maximum Gasteiger partial charge on any atom is 0.252 e. The topological polar surface area (TPSA) is 19.6 Å². The highest BCUT2D eigenvalue weighted by Gasteiger charge is 2.46. The number of rotatable bonds is 12. The van der Waals surface area contributed by atoms with Crippen LogP contribution in [-0.2, 0) is 10.8 Å². The fourth-order valence-corrected chi connectivity index (χ4v) is 17.2. The third-order valence-corrected chi connectivity index (χ3v) is 22.4. The second-order valence-electron chi connectivity index (χ2n) is 31.0. The summed E-state index contributed by atoms with van der Waals surface area (Å²) in [5.74, 6) is 0. The van der Waals surface area contributed by atoms with Crippen molar-refractivity contribution in [3.63, 3.8) is 0 Å². The van der Waals surface area contributed by atoms with Crippen LogP contribution in [0, 0.1) is 0 Å². The van der Waals surface area contributed by atoms with Crippen molar-refractivity contribution in [3.8, 4) is 67.0 Å². The average molecular weight is 1420 g/mol. The summed E-state index contributed by atoms with van der Waals surface area (Å²) in [6, 6.07) is 114. The van der Waals surface area contributed by atoms with Gasteiger partial charge in [-0.3, -0.25) is 0 Å². The fourth-order valence-electron chi connectivity index (χ4n) is 17.2. The zero-order valence-corrected chi connectivity index (χ0v) is 62.0. The largest absolute Gasteiger partial charge is 0.310 e. The van der Waals surface area contributed by atoms with Crippen LogP contribution >= 0.6 is 0 Å². The molecule has 0 saturated carbocycles. The van der Waals surface area contributed by atoms with Gasteiger partial charge in [-0.05, 0) is 175 Å². The minimum absolute atomic E-state index is 0.000338. The maximum absolute atomic E-state index is 9.97. The molecule has 20 rings (SSSR count). The van der Waals surface area contributed by atoms with Crippen LogP contribution in [0.2, 0.25) is 0 Å². The Hall–Kier alpha value is -13.4. The van der Waals surface area contributed by atoms with E-state index in [2.05, 4.69) is 382 Å². The van der Waals surface area contributed by atoms with E-state index in [1.165, 1.54) is 5.56 Å². The molecule has 0 N–H and O–H groups in total. The summed E-state index contributed by atoms with van der Waals surface area (Å²) in [6.45, 7) is 13.0. The highest BCUT2D eigenvalue weighted by atomic mass is 15.2. The normalized spacial score (nSPS) is 13.6. The van der Waals surface area contributed by atoms with Gasteiger partial charge in [-0.2, -0.15) is 0 Å². The minimum atomic E-state index is -0.547. The van der Waals surface area contributed by atoms with Crippen LogP contribution in [0.4, 0.5) is 51.2 Å². The van der Waals surface area contributed by atoms with Crippen molar-refractivity contribution < 1.29 is 11.0 Å². The standard InChI is InChI=1S/C104H80BN5/c1-103(2,3)75-42-31-41-73(61-75)74-55-58-90-96(62-74)109(101-82(69-33-13-7-14-34-69)50-32-51-83(101)70-35-15-8-16-36-70)98-67-81(108-94-54-30-27-49-86(94)89-65-79(57-60-95(89)108)106(77-43-21-11-22-44-77)78-45-23-12-24-46-78)68-99-100(98)105(90)91-59-56-80(107-92-52-28-25-47-84(92)85-48-26-29-53-93(85)107)66-97(91)110(99)102-87(71-37-17-9-18-38-71)63-76(104(4,5)6)64-88(102)72-39-19-10-20-40-72/h7-68H,1-6H3/i25D,26D,28D,29D,47D,48D,52D,53D. The molecule has 0 spiro atoms. The molecular weight excluding hydrogens is 1330 g/mol. The van der Waals surface area contributed by atoms with Crippen molar-refractivity contribution >= 4 is 118 Å². The summed E-state index contributed by atoms with van der Waals surface area (Å²) >= 11 is 0. The second-order valence-corrected chi connectivity index (χ2v) is 31.0. The van der Waals surface area contributed by atoms with Gasteiger partial charge in [-0.25, -0.2) is 0 Å². The lowest BCUT2D eigenvalue weighted by Crippen LogP contribution is -2.61. The van der Waals surface area contributed by atoms with E-state index >= 15 is 0 Å². The molecule has 110 heavy (non-hydrogen) atoms. The molecule has 2 aliphatic heterocycles. The van der Waals surface area contributed by atoms with Crippen LogP contribution in [0.1, 0.15) is 63.6 Å². The van der Waals surface area contributed by atoms with Gasteiger partial charge in [0.05, 0.1) is 50.1 Å². The van der Waals surface area contributed by atoms with E-state index in [4.69, 9.17) is 2.74 Å². The SMILES string of the molecule is [2H]c1c([2H])c([2H])c2c(c1[2H])c1c([2H])c([2H])c([2H])c([2H])c1n2-c1ccc2c(c1)N(c1c(-c3ccccc3)cc(C(C)(C)C)cc1-c1ccccc1)c1cc(-n3c4ccccc4c4cc(N(c5ccccc5)c5ccccc5)ccc43)cc3c1B2c1ccc(-c2cccc(C(C)(C)C)c2)cc1N3c1c(-c2ccccc2)cccc1-c1ccccc1. The van der Waals surface area contributed by atoms with Crippen molar-refractivity contribution in [2.24, 2.45) is 0 Å². The maximum atomic E-state index is 9.97. The van der Waals surface area contributed by atoms with Gasteiger partial charge in [0.15, 0.2) is 0 Å². The molecule has 0 bridgehead atoms. The molecule has 524 valence electrons. The van der Waals surface area contributed by atoms with Gasteiger partial charge in [0.2, 0.25) is 0 Å². The molecule has 0 radical (unpaired) electrons. The smallest absolute Gasteiger partial charge is 0.252 e. The van der Waals surface area contributed by atoms with Gasteiger partial charge in [0.1, 0.15) is 0 Å². The Balaban J connectivity index is 0.997. The molecule has 0 aliphatic carbocycles. The van der Waals surface area contributed by atoms with E-state index in [0.29, 0.717) is 5.69 Å². The molecule has 0 fully saturated rings. The Bertz CT molecular complexity index is 6890. The molecule has 16 aromatic carbocycles. The fraction of sp³-hybridized carbons (Fsp3) is 0.0769. The van der Waals surface area contributed by atoms with Crippen molar-refractivity contribution in [3.05, 3.63) is 387 Å². The number of aromatic nitrogens is 2. The molecule has 6 heteroatoms. The molecule has 2 aliphatic rings. The number of benzene rings is 16. The van der Waals surface area contributed by atoms with Crippen molar-refractivity contribution in [2.45, 2.75) is 52.4 Å². The van der Waals surface area contributed by atoms with Gasteiger partial charge < -0.3 is 23.8 Å². The van der Waals surface area contributed by atoms with Gasteiger partial charge in [0, 0.05) is 89.3 Å². The number of anilines is 9. The van der Waals surface area contributed by atoms with Crippen LogP contribution < -0.4 is 31.1 Å². The predicted octanol–water partition coefficient (Wildman–Crippen LogP) is 26.4. The van der Waals surface area contributed by atoms with E-state index in [0.717, 1.165) is 156 Å². The molecule has 0 amide bonds. The number of hydrogen-bond acceptors (Lipinski definition) is 3. The van der Waals surface area contributed by atoms with E-state index < -0.39 is 43.0 Å². The predicted molar refractivity (Wildman–Crippen MR) is 468 cm³/mol. The molecule has 0 saturated heterocycles. The Morgan fingerprint density at radius 3 is 1.25 bits per heavy atom. The first-order valence-electron chi connectivity index (χ1n) is 41.9. The van der Waals surface area contributed by atoms with Gasteiger partial charge >= 0.3 is 0 Å². The first kappa shape index (κ1) is 57.8. The molecule has 4 heterocycles. The molecule has 18 aromatic rings. The summed E-state index contributed by atoms with van der Waals surface area (Å²) in [5, 5.41) is 2.10. The minimum Gasteiger partial charge on any atom is -0.310 e. The van der Waals surface area contributed by atoms with E-state index in [9.17, 15) is 8.22 Å². The average Bonchev–Trinajstić information content (AvgIpc) is 1.03. The van der Waals surface area contributed by atoms with Crippen molar-refractivity contribution in [2.75, 3.05) is 14.7 Å². The summed E-state index contributed by atoms with van der Waals surface area (Å²) in [4.78, 5) is 7.36. The van der Waals surface area contributed by atoms with Crippen LogP contribution in [0.25, 0.3) is 111 Å². The lowest BCUT2D eigenvalue weighted by atomic mass is 9.33. The summed E-state index contributed by atoms with van der Waals surface area (Å²) in [6.07, 6.45) is 0. The quantitative estimate of drug-likeness (QED) is 0.114. The monoisotopic (exact) mass is 1420 g/mol. The van der Waals surface area contributed by atoms with Crippen LogP contribution in [0.3, 0.4) is 0 Å². The second kappa shape index (κ2) is 26.2. The van der Waals surface area contributed by atoms with E-state index in [1.54, 1.807) is 4.57 Å². The first-order chi connectivity index (χ1) is 57.2. The van der Waals surface area contributed by atoms with Crippen LogP contribution in [-0.4, -0.2) is 15.8 Å². The highest BCUT2D eigenvalue weighted by Crippen LogP contribution is 2.56. The summed E-state index contributed by atoms with van der Waals surface area (Å²) in [7, 11) is 0. The Kier molecular flexibility index (Phi) is 13.8. The van der Waals surface area contributed by atoms with Crippen LogP contribution in [0.15, 0.2) is 376 Å². The van der Waals surface area contributed by atoms with Gasteiger partial charge in [-0.15, -0.1) is 0 Å². The lowest BCUT2D eigenvalue weighted by molar-refractivity contribution is 0.590. The Morgan fingerprint density at radius 2 is 0.709 bits per heavy atom. The van der Waals surface area contributed by atoms with Gasteiger partial charge in [0.25, 0.3) is 6.71 Å². The van der Waals surface area contributed by atoms with Gasteiger partial charge in [-0.1, -0.05) is 314 Å². The number of para-hydroxylation sites is 6. The Labute approximate surface area is 655 Å². The van der Waals surface area contributed by atoms with E-state index in [-0.39, 0.29) is 44.7 Å². The summed E-state index contributed by atoms with van der Waals surface area (Å²) < 4.78 is 80.5. The lowest BCUT2D eigenvalue weighted by Gasteiger charge is -2.46. The first-order valence-corrected chi connectivity index (χ1v) is 37.9. The zero-order valence-electron chi connectivity index (χ0n) is 70.0. The third kappa shape index (κ3) is 11.0. The summed E-state index contributed by atoms with van der Waals surface area (Å²) in [5.41, 5.74) is 26.4. The highest BCUT2D eigenvalue weighted by molar-refractivity contribution is 7.00. The Morgan fingerprint density at radius 1 is 0.282 bits per heavy atom. The molecule has 0 unspecified atom stereocenters. The number of nitrogens with zero attached hydrogens (tertiary/aromatic N) is 5. The zero-order chi connectivity index (χ0) is 80.9. The van der Waals surface area contributed by atoms with Crippen molar-refractivity contribution in [1.82, 2.24) is 9.13 Å². The molecule has 5 nitrogen and oxygen atoms in total. The molecular formula is C104H80BN5. The van der Waals surface area contributed by atoms with E-state index in [1.807, 2.05) is 6.07 Å². The van der Waals surface area contributed by atoms with Crippen LogP contribution in [0.5, 0.6) is 0 Å². The van der Waals surface area contributed by atoms with Crippen molar-refractivity contribution in [1.29, 1.82) is 0 Å². The number of fused-ring (bicyclic) bond motifs is 10. The number of hydrogen-bond donors (Lipinski definition) is 0. The third-order valence-electron chi connectivity index (χ3n) is 22.4.